The van der Waals surface area contributed by atoms with E-state index in [0.29, 0.717) is 106 Å². The molecule has 0 aliphatic rings. The molecular formula is C29H60N2O11. The molecule has 13 heteroatoms. The molecule has 0 atom stereocenters. The molecule has 3 N–H and O–H groups in total. The molecular weight excluding hydrogens is 552 g/mol. The van der Waals surface area contributed by atoms with Gasteiger partial charge in [0.05, 0.1) is 119 Å². The Morgan fingerprint density at radius 3 is 1.07 bits per heavy atom. The highest BCUT2D eigenvalue weighted by Crippen LogP contribution is 1.91. The van der Waals surface area contributed by atoms with Crippen LogP contribution in [0.4, 0.5) is 0 Å². The molecule has 0 aromatic heterocycles. The number of unbranched alkanes of at least 4 members (excludes halogenated alkanes) is 2. The fourth-order valence-corrected chi connectivity index (χ4v) is 3.25. The predicted molar refractivity (Wildman–Crippen MR) is 160 cm³/mol. The van der Waals surface area contributed by atoms with Crippen LogP contribution < -0.4 is 10.6 Å². The number of hydrogen-bond acceptors (Lipinski definition) is 12. The van der Waals surface area contributed by atoms with Crippen LogP contribution in [0.2, 0.25) is 0 Å². The first kappa shape index (κ1) is 41.0. The minimum Gasteiger partial charge on any atom is -0.481 e. The Morgan fingerprint density at radius 1 is 0.429 bits per heavy atom. The Labute approximate surface area is 253 Å². The van der Waals surface area contributed by atoms with E-state index < -0.39 is 5.97 Å². The zero-order valence-corrected chi connectivity index (χ0v) is 26.1. The van der Waals surface area contributed by atoms with Crippen LogP contribution >= 0.6 is 0 Å². The first-order valence-electron chi connectivity index (χ1n) is 15.6. The van der Waals surface area contributed by atoms with Crippen molar-refractivity contribution in [2.75, 3.05) is 145 Å². The van der Waals surface area contributed by atoms with Gasteiger partial charge in [-0.25, -0.2) is 0 Å². The van der Waals surface area contributed by atoms with E-state index in [1.807, 2.05) is 0 Å². The molecule has 0 amide bonds. The summed E-state index contributed by atoms with van der Waals surface area (Å²) in [5.74, 6) is -0.870. The maximum Gasteiger partial charge on any atom is 0.305 e. The van der Waals surface area contributed by atoms with Gasteiger partial charge in [0.25, 0.3) is 0 Å². The Kier molecular flexibility index (Phi) is 37.2. The van der Waals surface area contributed by atoms with Gasteiger partial charge in [0.15, 0.2) is 0 Å². The highest BCUT2D eigenvalue weighted by atomic mass is 16.6. The fraction of sp³-hybridized carbons (Fsp3) is 0.966. The molecule has 0 unspecified atom stereocenters. The van der Waals surface area contributed by atoms with Crippen LogP contribution in [0.25, 0.3) is 0 Å². The van der Waals surface area contributed by atoms with Crippen molar-refractivity contribution in [3.8, 4) is 0 Å². The summed E-state index contributed by atoms with van der Waals surface area (Å²) in [5, 5.41) is 15.3. The zero-order valence-electron chi connectivity index (χ0n) is 26.1. The van der Waals surface area contributed by atoms with Crippen LogP contribution in [-0.4, -0.2) is 156 Å². The molecule has 0 aromatic carbocycles. The average Bonchev–Trinajstić information content (AvgIpc) is 2.98. The molecule has 0 saturated heterocycles. The summed E-state index contributed by atoms with van der Waals surface area (Å²) in [4.78, 5) is 10.3. The first-order valence-corrected chi connectivity index (χ1v) is 15.6. The van der Waals surface area contributed by atoms with Crippen molar-refractivity contribution in [1.82, 2.24) is 10.6 Å². The standard InChI is InChI=1S/C29H60N2O11/c1-2-3-4-7-30-9-10-31-8-5-11-34-13-15-36-17-19-38-21-23-40-25-27-42-28-26-41-24-22-39-20-18-37-16-14-35-12-6-29(32)33/h30-31H,2-28H2,1H3,(H,32,33). The zero-order chi connectivity index (χ0) is 30.4. The lowest BCUT2D eigenvalue weighted by Gasteiger charge is -2.09. The molecule has 13 nitrogen and oxygen atoms in total. The van der Waals surface area contributed by atoms with Gasteiger partial charge in [-0.15, -0.1) is 0 Å². The monoisotopic (exact) mass is 612 g/mol. The van der Waals surface area contributed by atoms with E-state index in [1.54, 1.807) is 0 Å². The Morgan fingerprint density at radius 2 is 0.738 bits per heavy atom. The Balaban J connectivity index is 3.03. The van der Waals surface area contributed by atoms with Gasteiger partial charge in [-0.05, 0) is 25.9 Å². The smallest absolute Gasteiger partial charge is 0.305 e. The van der Waals surface area contributed by atoms with Crippen LogP contribution in [-0.2, 0) is 47.4 Å². The average molecular weight is 613 g/mol. The maximum absolute atomic E-state index is 10.3. The molecule has 252 valence electrons. The van der Waals surface area contributed by atoms with Crippen molar-refractivity contribution in [2.45, 2.75) is 39.0 Å². The third kappa shape index (κ3) is 39.0. The molecule has 0 bridgehead atoms. The first-order chi connectivity index (χ1) is 20.8. The molecule has 0 rings (SSSR count). The van der Waals surface area contributed by atoms with Crippen LogP contribution in [0.15, 0.2) is 0 Å². The lowest BCUT2D eigenvalue weighted by molar-refractivity contribution is -0.138. The van der Waals surface area contributed by atoms with E-state index in [1.165, 1.54) is 19.3 Å². The van der Waals surface area contributed by atoms with E-state index in [4.69, 9.17) is 47.7 Å². The van der Waals surface area contributed by atoms with Crippen molar-refractivity contribution < 1.29 is 52.5 Å². The number of carboxylic acid groups (broad SMARTS) is 1. The second kappa shape index (κ2) is 38.1. The Hall–Kier alpha value is -0.970. The lowest BCUT2D eigenvalue weighted by Crippen LogP contribution is -2.29. The number of rotatable bonds is 38. The third-order valence-corrected chi connectivity index (χ3v) is 5.51. The van der Waals surface area contributed by atoms with Crippen molar-refractivity contribution in [3.05, 3.63) is 0 Å². The quantitative estimate of drug-likeness (QED) is 0.0864. The third-order valence-electron chi connectivity index (χ3n) is 5.51. The second-order valence-electron chi connectivity index (χ2n) is 9.22. The largest absolute Gasteiger partial charge is 0.481 e. The van der Waals surface area contributed by atoms with E-state index in [0.717, 1.165) is 39.2 Å². The number of aliphatic carboxylic acids is 1. The summed E-state index contributed by atoms with van der Waals surface area (Å²) in [5.41, 5.74) is 0. The molecule has 0 heterocycles. The van der Waals surface area contributed by atoms with Crippen LogP contribution in [0.1, 0.15) is 39.0 Å². The van der Waals surface area contributed by atoms with Gasteiger partial charge < -0.3 is 58.4 Å². The molecule has 0 saturated carbocycles. The summed E-state index contributed by atoms with van der Waals surface area (Å²) >= 11 is 0. The number of hydrogen-bond donors (Lipinski definition) is 3. The van der Waals surface area contributed by atoms with Crippen LogP contribution in [0, 0.1) is 0 Å². The molecule has 0 aliphatic carbocycles. The molecule has 0 aliphatic heterocycles. The summed E-state index contributed by atoms with van der Waals surface area (Å²) in [6, 6.07) is 0. The number of carboxylic acids is 1. The topological polar surface area (TPSA) is 144 Å². The minimum atomic E-state index is -0.870. The van der Waals surface area contributed by atoms with Gasteiger partial charge in [0, 0.05) is 19.7 Å². The van der Waals surface area contributed by atoms with Crippen molar-refractivity contribution in [1.29, 1.82) is 0 Å². The lowest BCUT2D eigenvalue weighted by atomic mass is 10.2. The number of nitrogens with one attached hydrogen (secondary N) is 2. The number of carbonyl (C=O) groups is 1. The molecule has 42 heavy (non-hydrogen) atoms. The van der Waals surface area contributed by atoms with E-state index in [9.17, 15) is 4.79 Å². The van der Waals surface area contributed by atoms with Gasteiger partial charge in [0.1, 0.15) is 0 Å². The predicted octanol–water partition coefficient (Wildman–Crippen LogP) is 1.37. The maximum atomic E-state index is 10.3. The van der Waals surface area contributed by atoms with Gasteiger partial charge in [-0.2, -0.15) is 0 Å². The second-order valence-corrected chi connectivity index (χ2v) is 9.22. The molecule has 0 spiro atoms. The normalized spacial score (nSPS) is 11.5. The van der Waals surface area contributed by atoms with Crippen molar-refractivity contribution in [3.63, 3.8) is 0 Å². The van der Waals surface area contributed by atoms with E-state index in [2.05, 4.69) is 17.6 Å². The van der Waals surface area contributed by atoms with Crippen LogP contribution in [0.5, 0.6) is 0 Å². The summed E-state index contributed by atoms with van der Waals surface area (Å²) in [6.07, 6.45) is 4.84. The highest BCUT2D eigenvalue weighted by molar-refractivity contribution is 5.66. The summed E-state index contributed by atoms with van der Waals surface area (Å²) < 4.78 is 48.8. The van der Waals surface area contributed by atoms with Gasteiger partial charge in [-0.1, -0.05) is 19.8 Å². The number of ether oxygens (including phenoxy) is 9. The van der Waals surface area contributed by atoms with Gasteiger partial charge in [-0.3, -0.25) is 4.79 Å². The van der Waals surface area contributed by atoms with Gasteiger partial charge in [0.2, 0.25) is 0 Å². The highest BCUT2D eigenvalue weighted by Gasteiger charge is 1.97. The SMILES string of the molecule is CCCCCNCCNCCCOCCOCCOCCOCCOCCOCCOCCOCCOCCC(=O)O. The van der Waals surface area contributed by atoms with Crippen LogP contribution in [0.3, 0.4) is 0 Å². The van der Waals surface area contributed by atoms with Crippen molar-refractivity contribution in [2.24, 2.45) is 0 Å². The molecule has 0 aromatic rings. The summed E-state index contributed by atoms with van der Waals surface area (Å²) in [7, 11) is 0. The van der Waals surface area contributed by atoms with Gasteiger partial charge >= 0.3 is 5.97 Å². The fourth-order valence-electron chi connectivity index (χ4n) is 3.25. The van der Waals surface area contributed by atoms with Crippen molar-refractivity contribution >= 4 is 5.97 Å². The molecule has 0 radical (unpaired) electrons. The Bertz CT molecular complexity index is 522. The molecule has 0 fully saturated rings. The minimum absolute atomic E-state index is 0.00282. The summed E-state index contributed by atoms with van der Waals surface area (Å²) in [6.45, 7) is 15.3. The van der Waals surface area contributed by atoms with E-state index in [-0.39, 0.29) is 13.0 Å². The van der Waals surface area contributed by atoms with E-state index >= 15 is 0 Å².